The molecule has 0 bridgehead atoms. The number of piperazine rings is 1. The molecule has 1 aliphatic heterocycles. The van der Waals surface area contributed by atoms with Crippen molar-refractivity contribution in [3.8, 4) is 0 Å². The fourth-order valence-electron chi connectivity index (χ4n) is 3.12. The molecule has 1 aliphatic carbocycles. The highest BCUT2D eigenvalue weighted by molar-refractivity contribution is 5.77. The zero-order valence-electron chi connectivity index (χ0n) is 13.3. The van der Waals surface area contributed by atoms with E-state index >= 15 is 0 Å². The van der Waals surface area contributed by atoms with E-state index in [4.69, 9.17) is 4.74 Å². The second-order valence-corrected chi connectivity index (χ2v) is 6.31. The Morgan fingerprint density at radius 1 is 1.19 bits per heavy atom. The first kappa shape index (κ1) is 16.7. The SMILES string of the molecule is CC[C@@H](O)CN1CCN(C(=O)COC2CCCCC2)CC1. The van der Waals surface area contributed by atoms with E-state index in [9.17, 15) is 9.90 Å². The number of rotatable bonds is 6. The molecule has 0 aromatic carbocycles. The fourth-order valence-corrected chi connectivity index (χ4v) is 3.12. The Morgan fingerprint density at radius 3 is 2.48 bits per heavy atom. The van der Waals surface area contributed by atoms with Crippen molar-refractivity contribution in [2.75, 3.05) is 39.3 Å². The first-order valence-corrected chi connectivity index (χ1v) is 8.49. The van der Waals surface area contributed by atoms with E-state index in [1.165, 1.54) is 19.3 Å². The molecule has 1 saturated carbocycles. The number of hydrogen-bond acceptors (Lipinski definition) is 4. The molecule has 122 valence electrons. The number of ether oxygens (including phenoxy) is 1. The molecular formula is C16H30N2O3. The smallest absolute Gasteiger partial charge is 0.248 e. The minimum absolute atomic E-state index is 0.122. The van der Waals surface area contributed by atoms with Gasteiger partial charge in [0.2, 0.25) is 5.91 Å². The Hall–Kier alpha value is -0.650. The van der Waals surface area contributed by atoms with E-state index in [1.54, 1.807) is 0 Å². The van der Waals surface area contributed by atoms with Gasteiger partial charge in [0.15, 0.2) is 0 Å². The van der Waals surface area contributed by atoms with Gasteiger partial charge in [0, 0.05) is 32.7 Å². The zero-order valence-corrected chi connectivity index (χ0v) is 13.3. The summed E-state index contributed by atoms with van der Waals surface area (Å²) in [5.74, 6) is 0.122. The third-order valence-corrected chi connectivity index (χ3v) is 4.66. The van der Waals surface area contributed by atoms with E-state index < -0.39 is 0 Å². The van der Waals surface area contributed by atoms with E-state index in [-0.39, 0.29) is 18.6 Å². The molecule has 5 heteroatoms. The van der Waals surface area contributed by atoms with Crippen molar-refractivity contribution in [2.45, 2.75) is 57.7 Å². The Morgan fingerprint density at radius 2 is 1.86 bits per heavy atom. The maximum absolute atomic E-state index is 12.2. The van der Waals surface area contributed by atoms with E-state index in [1.807, 2.05) is 11.8 Å². The first-order chi connectivity index (χ1) is 10.2. The van der Waals surface area contributed by atoms with Crippen LogP contribution in [0.25, 0.3) is 0 Å². The normalized spacial score (nSPS) is 23.2. The summed E-state index contributed by atoms with van der Waals surface area (Å²) in [4.78, 5) is 16.3. The van der Waals surface area contributed by atoms with Crippen LogP contribution in [0.15, 0.2) is 0 Å². The van der Waals surface area contributed by atoms with Crippen molar-refractivity contribution < 1.29 is 14.6 Å². The van der Waals surface area contributed by atoms with E-state index in [0.29, 0.717) is 6.10 Å². The summed E-state index contributed by atoms with van der Waals surface area (Å²) in [6.07, 6.45) is 6.82. The number of amides is 1. The lowest BCUT2D eigenvalue weighted by molar-refractivity contribution is -0.140. The Balaban J connectivity index is 1.63. The van der Waals surface area contributed by atoms with Gasteiger partial charge in [0.25, 0.3) is 0 Å². The molecule has 5 nitrogen and oxygen atoms in total. The zero-order chi connectivity index (χ0) is 15.1. The molecule has 1 atom stereocenters. The lowest BCUT2D eigenvalue weighted by atomic mass is 9.98. The van der Waals surface area contributed by atoms with Gasteiger partial charge in [-0.15, -0.1) is 0 Å². The Kier molecular flexibility index (Phi) is 6.93. The predicted octanol–water partition coefficient (Wildman–Crippen LogP) is 1.25. The van der Waals surface area contributed by atoms with Gasteiger partial charge in [0.1, 0.15) is 6.61 Å². The third kappa shape index (κ3) is 5.57. The van der Waals surface area contributed by atoms with Crippen molar-refractivity contribution in [3.05, 3.63) is 0 Å². The van der Waals surface area contributed by atoms with Crippen molar-refractivity contribution in [2.24, 2.45) is 0 Å². The van der Waals surface area contributed by atoms with Crippen LogP contribution >= 0.6 is 0 Å². The summed E-state index contributed by atoms with van der Waals surface area (Å²) in [6, 6.07) is 0. The van der Waals surface area contributed by atoms with E-state index in [2.05, 4.69) is 4.90 Å². The minimum Gasteiger partial charge on any atom is -0.392 e. The van der Waals surface area contributed by atoms with Gasteiger partial charge in [-0.05, 0) is 19.3 Å². The Bertz CT molecular complexity index is 311. The topological polar surface area (TPSA) is 53.0 Å². The molecule has 0 spiro atoms. The van der Waals surface area contributed by atoms with Crippen LogP contribution in [0.4, 0.5) is 0 Å². The summed E-state index contributed by atoms with van der Waals surface area (Å²) in [5.41, 5.74) is 0. The lowest BCUT2D eigenvalue weighted by Crippen LogP contribution is -2.51. The lowest BCUT2D eigenvalue weighted by Gasteiger charge is -2.35. The van der Waals surface area contributed by atoms with Gasteiger partial charge >= 0.3 is 0 Å². The molecule has 1 N–H and O–H groups in total. The van der Waals surface area contributed by atoms with E-state index in [0.717, 1.165) is 52.0 Å². The molecule has 1 saturated heterocycles. The summed E-state index contributed by atoms with van der Waals surface area (Å²) >= 11 is 0. The molecule has 2 rings (SSSR count). The number of carbonyl (C=O) groups excluding carboxylic acids is 1. The average Bonchev–Trinajstić information content (AvgIpc) is 2.54. The Labute approximate surface area is 128 Å². The summed E-state index contributed by atoms with van der Waals surface area (Å²) in [6.45, 7) is 6.16. The van der Waals surface area contributed by atoms with Crippen LogP contribution in [0.5, 0.6) is 0 Å². The number of nitrogens with zero attached hydrogens (tertiary/aromatic N) is 2. The molecule has 0 unspecified atom stereocenters. The summed E-state index contributed by atoms with van der Waals surface area (Å²) < 4.78 is 5.76. The second kappa shape index (κ2) is 8.71. The maximum Gasteiger partial charge on any atom is 0.248 e. The highest BCUT2D eigenvalue weighted by Gasteiger charge is 2.23. The summed E-state index contributed by atoms with van der Waals surface area (Å²) in [7, 11) is 0. The number of hydrogen-bond donors (Lipinski definition) is 1. The van der Waals surface area contributed by atoms with Crippen LogP contribution in [-0.4, -0.2) is 72.4 Å². The molecule has 1 heterocycles. The fraction of sp³-hybridized carbons (Fsp3) is 0.938. The highest BCUT2D eigenvalue weighted by Crippen LogP contribution is 2.20. The van der Waals surface area contributed by atoms with Crippen LogP contribution in [0, 0.1) is 0 Å². The molecular weight excluding hydrogens is 268 g/mol. The third-order valence-electron chi connectivity index (χ3n) is 4.66. The monoisotopic (exact) mass is 298 g/mol. The second-order valence-electron chi connectivity index (χ2n) is 6.31. The molecule has 1 amide bonds. The number of β-amino-alcohol motifs (C(OH)–C–C–N with tert-alkyl or cyclic N) is 1. The largest absolute Gasteiger partial charge is 0.392 e. The summed E-state index contributed by atoms with van der Waals surface area (Å²) in [5, 5.41) is 9.67. The van der Waals surface area contributed by atoms with Gasteiger partial charge in [0.05, 0.1) is 12.2 Å². The van der Waals surface area contributed by atoms with Crippen molar-refractivity contribution in [3.63, 3.8) is 0 Å². The first-order valence-electron chi connectivity index (χ1n) is 8.49. The van der Waals surface area contributed by atoms with Gasteiger partial charge in [-0.1, -0.05) is 26.2 Å². The molecule has 21 heavy (non-hydrogen) atoms. The van der Waals surface area contributed by atoms with Crippen molar-refractivity contribution in [1.29, 1.82) is 0 Å². The molecule has 2 fully saturated rings. The maximum atomic E-state index is 12.2. The van der Waals surface area contributed by atoms with Crippen LogP contribution in [-0.2, 0) is 9.53 Å². The average molecular weight is 298 g/mol. The quantitative estimate of drug-likeness (QED) is 0.802. The van der Waals surface area contributed by atoms with Crippen molar-refractivity contribution in [1.82, 2.24) is 9.80 Å². The van der Waals surface area contributed by atoms with Crippen LogP contribution < -0.4 is 0 Å². The highest BCUT2D eigenvalue weighted by atomic mass is 16.5. The van der Waals surface area contributed by atoms with Crippen LogP contribution in [0.1, 0.15) is 45.4 Å². The molecule has 0 aromatic heterocycles. The number of aliphatic hydroxyl groups excluding tert-OH is 1. The predicted molar refractivity (Wildman–Crippen MR) is 82.1 cm³/mol. The standard InChI is InChI=1S/C16H30N2O3/c1-2-14(19)12-17-8-10-18(11-9-17)16(20)13-21-15-6-4-3-5-7-15/h14-15,19H,2-13H2,1H3/t14-/m1/s1. The van der Waals surface area contributed by atoms with Gasteiger partial charge in [-0.3, -0.25) is 9.69 Å². The number of aliphatic hydroxyl groups is 1. The van der Waals surface area contributed by atoms with Crippen LogP contribution in [0.2, 0.25) is 0 Å². The minimum atomic E-state index is -0.248. The van der Waals surface area contributed by atoms with Gasteiger partial charge < -0.3 is 14.7 Å². The van der Waals surface area contributed by atoms with Gasteiger partial charge in [-0.25, -0.2) is 0 Å². The van der Waals surface area contributed by atoms with Crippen molar-refractivity contribution >= 4 is 5.91 Å². The number of carbonyl (C=O) groups is 1. The molecule has 0 aromatic rings. The molecule has 2 aliphatic rings. The van der Waals surface area contributed by atoms with Crippen LogP contribution in [0.3, 0.4) is 0 Å². The molecule has 0 radical (unpaired) electrons. The van der Waals surface area contributed by atoms with Gasteiger partial charge in [-0.2, -0.15) is 0 Å².